The SMILES string of the molecule is [CH2]C(CC)CCCC. The van der Waals surface area contributed by atoms with E-state index >= 15 is 0 Å². The summed E-state index contributed by atoms with van der Waals surface area (Å²) < 4.78 is 0. The highest BCUT2D eigenvalue weighted by Crippen LogP contribution is 2.09. The van der Waals surface area contributed by atoms with Gasteiger partial charge in [-0.25, -0.2) is 0 Å². The van der Waals surface area contributed by atoms with Crippen LogP contribution in [0.4, 0.5) is 0 Å². The minimum Gasteiger partial charge on any atom is -0.0654 e. The molecule has 0 N–H and O–H groups in total. The molecule has 0 aromatic heterocycles. The third-order valence-corrected chi connectivity index (χ3v) is 1.54. The minimum absolute atomic E-state index is 0.704. The van der Waals surface area contributed by atoms with Gasteiger partial charge < -0.3 is 0 Å². The molecule has 0 aromatic carbocycles. The number of hydrogen-bond acceptors (Lipinski definition) is 0. The van der Waals surface area contributed by atoms with E-state index in [1.165, 1.54) is 25.7 Å². The second-order valence-electron chi connectivity index (χ2n) is 2.42. The van der Waals surface area contributed by atoms with Crippen LogP contribution in [0.5, 0.6) is 0 Å². The molecular formula is C8H17. The van der Waals surface area contributed by atoms with Crippen molar-refractivity contribution in [2.24, 2.45) is 5.92 Å². The Hall–Kier alpha value is 0. The zero-order chi connectivity index (χ0) is 6.41. The Morgan fingerprint density at radius 3 is 2.38 bits per heavy atom. The number of unbranched alkanes of at least 4 members (excludes halogenated alkanes) is 1. The summed E-state index contributed by atoms with van der Waals surface area (Å²) in [6.07, 6.45) is 5.21. The molecule has 0 aliphatic carbocycles. The lowest BCUT2D eigenvalue weighted by Gasteiger charge is -2.04. The molecule has 0 heterocycles. The number of hydrogen-bond donors (Lipinski definition) is 0. The molecule has 0 saturated carbocycles. The molecule has 0 aromatic rings. The van der Waals surface area contributed by atoms with E-state index in [-0.39, 0.29) is 0 Å². The Kier molecular flexibility index (Phi) is 5.14. The van der Waals surface area contributed by atoms with Crippen molar-refractivity contribution in [3.05, 3.63) is 6.92 Å². The summed E-state index contributed by atoms with van der Waals surface area (Å²) in [4.78, 5) is 0. The quantitative estimate of drug-likeness (QED) is 0.525. The third-order valence-electron chi connectivity index (χ3n) is 1.54. The van der Waals surface area contributed by atoms with Gasteiger partial charge in [-0.3, -0.25) is 0 Å². The van der Waals surface area contributed by atoms with Gasteiger partial charge in [-0.1, -0.05) is 46.5 Å². The zero-order valence-electron chi connectivity index (χ0n) is 6.11. The van der Waals surface area contributed by atoms with Gasteiger partial charge in [-0.05, 0) is 5.92 Å². The van der Waals surface area contributed by atoms with E-state index in [9.17, 15) is 0 Å². The van der Waals surface area contributed by atoms with Gasteiger partial charge in [0.1, 0.15) is 0 Å². The molecule has 8 heavy (non-hydrogen) atoms. The fourth-order valence-corrected chi connectivity index (χ4v) is 0.697. The van der Waals surface area contributed by atoms with Crippen molar-refractivity contribution in [1.82, 2.24) is 0 Å². The van der Waals surface area contributed by atoms with Crippen molar-refractivity contribution < 1.29 is 0 Å². The van der Waals surface area contributed by atoms with Crippen molar-refractivity contribution in [2.45, 2.75) is 39.5 Å². The first kappa shape index (κ1) is 8.00. The Morgan fingerprint density at radius 1 is 1.38 bits per heavy atom. The van der Waals surface area contributed by atoms with Crippen molar-refractivity contribution >= 4 is 0 Å². The van der Waals surface area contributed by atoms with Crippen molar-refractivity contribution in [1.29, 1.82) is 0 Å². The van der Waals surface area contributed by atoms with Crippen LogP contribution < -0.4 is 0 Å². The summed E-state index contributed by atoms with van der Waals surface area (Å²) in [5.74, 6) is 0.704. The summed E-state index contributed by atoms with van der Waals surface area (Å²) in [5.41, 5.74) is 0. The maximum absolute atomic E-state index is 3.99. The number of rotatable bonds is 4. The van der Waals surface area contributed by atoms with Crippen molar-refractivity contribution in [3.63, 3.8) is 0 Å². The molecule has 0 aliphatic rings. The lowest BCUT2D eigenvalue weighted by atomic mass is 10.0. The summed E-state index contributed by atoms with van der Waals surface area (Å²) in [5, 5.41) is 0. The Morgan fingerprint density at radius 2 is 2.00 bits per heavy atom. The molecule has 0 saturated heterocycles. The van der Waals surface area contributed by atoms with E-state index in [1.54, 1.807) is 0 Å². The van der Waals surface area contributed by atoms with E-state index in [0.29, 0.717) is 5.92 Å². The highest BCUT2D eigenvalue weighted by atomic mass is 14.0. The highest BCUT2D eigenvalue weighted by molar-refractivity contribution is 4.57. The fraction of sp³-hybridized carbons (Fsp3) is 0.875. The second-order valence-corrected chi connectivity index (χ2v) is 2.42. The van der Waals surface area contributed by atoms with Gasteiger partial charge in [0.25, 0.3) is 0 Å². The molecule has 0 spiro atoms. The molecular weight excluding hydrogens is 96.1 g/mol. The summed E-state index contributed by atoms with van der Waals surface area (Å²) in [6, 6.07) is 0. The van der Waals surface area contributed by atoms with Crippen LogP contribution in [0, 0.1) is 12.8 Å². The van der Waals surface area contributed by atoms with E-state index in [4.69, 9.17) is 0 Å². The maximum Gasteiger partial charge on any atom is -0.0417 e. The molecule has 1 atom stereocenters. The molecule has 1 radical (unpaired) electrons. The van der Waals surface area contributed by atoms with Crippen LogP contribution in [0.3, 0.4) is 0 Å². The van der Waals surface area contributed by atoms with E-state index < -0.39 is 0 Å². The standard InChI is InChI=1S/C8H17/c1-4-6-7-8(3)5-2/h8H,3-7H2,1-2H3. The fourth-order valence-electron chi connectivity index (χ4n) is 0.697. The summed E-state index contributed by atoms with van der Waals surface area (Å²) in [7, 11) is 0. The van der Waals surface area contributed by atoms with Gasteiger partial charge in [0.05, 0.1) is 0 Å². The average Bonchev–Trinajstić information content (AvgIpc) is 1.83. The average molecular weight is 113 g/mol. The van der Waals surface area contributed by atoms with Crippen LogP contribution in [-0.2, 0) is 0 Å². The molecule has 0 rings (SSSR count). The Labute approximate surface area is 53.3 Å². The first-order valence-corrected chi connectivity index (χ1v) is 3.64. The van der Waals surface area contributed by atoms with Crippen LogP contribution >= 0.6 is 0 Å². The molecule has 0 heteroatoms. The normalized spacial score (nSPS) is 13.9. The summed E-state index contributed by atoms with van der Waals surface area (Å²) >= 11 is 0. The lowest BCUT2D eigenvalue weighted by molar-refractivity contribution is 0.537. The summed E-state index contributed by atoms with van der Waals surface area (Å²) in [6.45, 7) is 8.42. The van der Waals surface area contributed by atoms with Gasteiger partial charge in [0.2, 0.25) is 0 Å². The molecule has 1 unspecified atom stereocenters. The van der Waals surface area contributed by atoms with Crippen LogP contribution in [0.2, 0.25) is 0 Å². The van der Waals surface area contributed by atoms with E-state index in [0.717, 1.165) is 0 Å². The third kappa shape index (κ3) is 4.17. The van der Waals surface area contributed by atoms with Crippen LogP contribution in [-0.4, -0.2) is 0 Å². The van der Waals surface area contributed by atoms with Crippen LogP contribution in [0.15, 0.2) is 0 Å². The first-order chi connectivity index (χ1) is 3.81. The highest BCUT2D eigenvalue weighted by Gasteiger charge is 1.94. The maximum atomic E-state index is 3.99. The van der Waals surface area contributed by atoms with E-state index in [2.05, 4.69) is 20.8 Å². The largest absolute Gasteiger partial charge is 0.0654 e. The van der Waals surface area contributed by atoms with Crippen LogP contribution in [0.25, 0.3) is 0 Å². The van der Waals surface area contributed by atoms with Crippen molar-refractivity contribution in [3.8, 4) is 0 Å². The van der Waals surface area contributed by atoms with Crippen molar-refractivity contribution in [2.75, 3.05) is 0 Å². The smallest absolute Gasteiger partial charge is 0.0417 e. The first-order valence-electron chi connectivity index (χ1n) is 3.64. The van der Waals surface area contributed by atoms with Gasteiger partial charge in [-0.15, -0.1) is 0 Å². The molecule has 0 aliphatic heterocycles. The second kappa shape index (κ2) is 5.14. The van der Waals surface area contributed by atoms with Gasteiger partial charge >= 0.3 is 0 Å². The molecule has 0 bridgehead atoms. The lowest BCUT2D eigenvalue weighted by Crippen LogP contribution is -1.90. The van der Waals surface area contributed by atoms with Gasteiger partial charge in [0, 0.05) is 0 Å². The van der Waals surface area contributed by atoms with Gasteiger partial charge in [0.15, 0.2) is 0 Å². The topological polar surface area (TPSA) is 0 Å². The Bertz CT molecular complexity index is 39.3. The molecule has 0 amide bonds. The molecule has 0 nitrogen and oxygen atoms in total. The monoisotopic (exact) mass is 113 g/mol. The predicted molar refractivity (Wildman–Crippen MR) is 38.7 cm³/mol. The van der Waals surface area contributed by atoms with Crippen LogP contribution in [0.1, 0.15) is 39.5 Å². The zero-order valence-corrected chi connectivity index (χ0v) is 6.11. The van der Waals surface area contributed by atoms with E-state index in [1.807, 2.05) is 0 Å². The molecule has 0 fully saturated rings. The molecule has 49 valence electrons. The van der Waals surface area contributed by atoms with Gasteiger partial charge in [-0.2, -0.15) is 0 Å². The Balaban J connectivity index is 2.86. The predicted octanol–water partition coefficient (Wildman–Crippen LogP) is 3.04. The minimum atomic E-state index is 0.704.